The number of piperazine rings is 1. The van der Waals surface area contributed by atoms with E-state index in [4.69, 9.17) is 4.42 Å². The number of furan rings is 1. The number of hydrogen-bond donors (Lipinski definition) is 1. The van der Waals surface area contributed by atoms with E-state index in [0.717, 1.165) is 30.2 Å². The van der Waals surface area contributed by atoms with Gasteiger partial charge in [0.05, 0.1) is 32.7 Å². The van der Waals surface area contributed by atoms with Crippen LogP contribution >= 0.6 is 0 Å². The van der Waals surface area contributed by atoms with Crippen molar-refractivity contribution < 1.29 is 18.9 Å². The molecule has 0 bridgehead atoms. The lowest BCUT2D eigenvalue weighted by Gasteiger charge is -2.32. The van der Waals surface area contributed by atoms with Gasteiger partial charge in [0.15, 0.2) is 6.54 Å². The molecule has 0 radical (unpaired) electrons. The quantitative estimate of drug-likeness (QED) is 0.853. The van der Waals surface area contributed by atoms with Crippen LogP contribution < -0.4 is 4.90 Å². The van der Waals surface area contributed by atoms with Crippen molar-refractivity contribution in [3.05, 3.63) is 59.5 Å². The van der Waals surface area contributed by atoms with Crippen molar-refractivity contribution in [3.63, 3.8) is 0 Å². The van der Waals surface area contributed by atoms with Crippen LogP contribution in [-0.4, -0.2) is 61.4 Å². The van der Waals surface area contributed by atoms with Crippen molar-refractivity contribution in [3.8, 4) is 0 Å². The monoisotopic (exact) mass is 356 g/mol. The number of carbonyl (C=O) groups is 2. The number of rotatable bonds is 5. The maximum atomic E-state index is 12.5. The number of nitrogens with one attached hydrogen (secondary N) is 1. The molecule has 26 heavy (non-hydrogen) atoms. The number of benzene rings is 1. The number of carbonyl (C=O) groups excluding carboxylic acids is 2. The predicted octanol–water partition coefficient (Wildman–Crippen LogP) is 0.587. The van der Waals surface area contributed by atoms with Gasteiger partial charge < -0.3 is 19.1 Å². The van der Waals surface area contributed by atoms with Crippen LogP contribution in [0, 0.1) is 6.92 Å². The van der Waals surface area contributed by atoms with Gasteiger partial charge in [-0.15, -0.1) is 0 Å². The van der Waals surface area contributed by atoms with Crippen molar-refractivity contribution >= 4 is 11.8 Å². The molecule has 1 aromatic heterocycles. The molecule has 0 saturated carbocycles. The number of likely N-dealkylation sites (N-methyl/N-ethyl adjacent to an activating group) is 1. The van der Waals surface area contributed by atoms with Crippen molar-refractivity contribution in [2.75, 3.05) is 39.8 Å². The molecule has 1 fully saturated rings. The van der Waals surface area contributed by atoms with Crippen LogP contribution in [0.2, 0.25) is 0 Å². The fourth-order valence-electron chi connectivity index (χ4n) is 3.21. The van der Waals surface area contributed by atoms with Gasteiger partial charge in [-0.3, -0.25) is 9.59 Å². The van der Waals surface area contributed by atoms with Gasteiger partial charge in [0.2, 0.25) is 0 Å². The molecule has 0 aliphatic carbocycles. The smallest absolute Gasteiger partial charge is 0.277 e. The second kappa shape index (κ2) is 8.19. The van der Waals surface area contributed by atoms with E-state index in [9.17, 15) is 9.59 Å². The Labute approximate surface area is 154 Å². The molecule has 1 aliphatic rings. The summed E-state index contributed by atoms with van der Waals surface area (Å²) >= 11 is 0. The summed E-state index contributed by atoms with van der Waals surface area (Å²) in [5.41, 5.74) is 0.723. The molecular weight excluding hydrogens is 330 g/mol. The van der Waals surface area contributed by atoms with E-state index in [2.05, 4.69) is 0 Å². The highest BCUT2D eigenvalue weighted by atomic mass is 16.3. The Morgan fingerprint density at radius 3 is 2.42 bits per heavy atom. The van der Waals surface area contributed by atoms with E-state index in [-0.39, 0.29) is 11.8 Å². The number of aryl methyl sites for hydroxylation is 1. The van der Waals surface area contributed by atoms with Gasteiger partial charge in [-0.25, -0.2) is 0 Å². The van der Waals surface area contributed by atoms with Crippen molar-refractivity contribution in [1.29, 1.82) is 0 Å². The third kappa shape index (κ3) is 4.52. The number of amides is 2. The van der Waals surface area contributed by atoms with E-state index in [1.165, 1.54) is 4.90 Å². The van der Waals surface area contributed by atoms with Crippen LogP contribution in [0.25, 0.3) is 0 Å². The first-order valence-electron chi connectivity index (χ1n) is 9.00. The van der Waals surface area contributed by atoms with E-state index >= 15 is 0 Å². The molecular formula is C20H26N3O3+. The van der Waals surface area contributed by atoms with Crippen molar-refractivity contribution in [2.24, 2.45) is 0 Å². The molecule has 6 heteroatoms. The van der Waals surface area contributed by atoms with Gasteiger partial charge in [0.1, 0.15) is 11.5 Å². The molecule has 0 spiro atoms. The predicted molar refractivity (Wildman–Crippen MR) is 97.8 cm³/mol. The van der Waals surface area contributed by atoms with E-state index in [1.807, 2.05) is 54.3 Å². The summed E-state index contributed by atoms with van der Waals surface area (Å²) in [7, 11) is 1.80. The van der Waals surface area contributed by atoms with Crippen LogP contribution in [0.1, 0.15) is 21.9 Å². The maximum Gasteiger partial charge on any atom is 0.277 e. The molecule has 138 valence electrons. The molecule has 0 unspecified atom stereocenters. The molecule has 1 N–H and O–H groups in total. The molecule has 3 rings (SSSR count). The molecule has 6 nitrogen and oxygen atoms in total. The number of quaternary nitrogens is 1. The van der Waals surface area contributed by atoms with Gasteiger partial charge >= 0.3 is 0 Å². The Morgan fingerprint density at radius 1 is 1.12 bits per heavy atom. The Kier molecular flexibility index (Phi) is 5.73. The normalized spacial score (nSPS) is 15.1. The average molecular weight is 356 g/mol. The highest BCUT2D eigenvalue weighted by Gasteiger charge is 2.26. The zero-order valence-electron chi connectivity index (χ0n) is 15.4. The lowest BCUT2D eigenvalue weighted by Crippen LogP contribution is -3.15. The molecule has 1 saturated heterocycles. The first-order valence-corrected chi connectivity index (χ1v) is 9.00. The second-order valence-corrected chi connectivity index (χ2v) is 6.85. The standard InChI is InChI=1S/C20H25N3O3/c1-16-8-9-18(26-16)14-21(2)19(24)15-22-10-12-23(13-11-22)20(25)17-6-4-3-5-7-17/h3-9H,10-15H2,1-2H3/p+1. The van der Waals surface area contributed by atoms with Crippen LogP contribution in [0.5, 0.6) is 0 Å². The van der Waals surface area contributed by atoms with Crippen molar-refractivity contribution in [2.45, 2.75) is 13.5 Å². The third-order valence-electron chi connectivity index (χ3n) is 4.79. The largest absolute Gasteiger partial charge is 0.464 e. The summed E-state index contributed by atoms with van der Waals surface area (Å²) in [6, 6.07) is 13.2. The van der Waals surface area contributed by atoms with Gasteiger partial charge in [-0.05, 0) is 31.2 Å². The molecule has 1 aliphatic heterocycles. The van der Waals surface area contributed by atoms with E-state index in [1.54, 1.807) is 11.9 Å². The molecule has 1 aromatic carbocycles. The van der Waals surface area contributed by atoms with Gasteiger partial charge in [0.25, 0.3) is 11.8 Å². The van der Waals surface area contributed by atoms with Crippen LogP contribution in [0.15, 0.2) is 46.9 Å². The highest BCUT2D eigenvalue weighted by molar-refractivity contribution is 5.94. The zero-order valence-corrected chi connectivity index (χ0v) is 15.4. The van der Waals surface area contributed by atoms with E-state index < -0.39 is 0 Å². The Bertz CT molecular complexity index is 749. The summed E-state index contributed by atoms with van der Waals surface area (Å²) in [6.07, 6.45) is 0. The van der Waals surface area contributed by atoms with Crippen LogP contribution in [0.3, 0.4) is 0 Å². The zero-order chi connectivity index (χ0) is 18.5. The lowest BCUT2D eigenvalue weighted by molar-refractivity contribution is -0.896. The lowest BCUT2D eigenvalue weighted by atomic mass is 10.2. The third-order valence-corrected chi connectivity index (χ3v) is 4.79. The first-order chi connectivity index (χ1) is 12.5. The topological polar surface area (TPSA) is 58.2 Å². The fraction of sp³-hybridized carbons (Fsp3) is 0.400. The Hall–Kier alpha value is -2.60. The van der Waals surface area contributed by atoms with Gasteiger partial charge in [-0.2, -0.15) is 0 Å². The summed E-state index contributed by atoms with van der Waals surface area (Å²) in [5.74, 6) is 1.82. The molecule has 2 amide bonds. The summed E-state index contributed by atoms with van der Waals surface area (Å²) < 4.78 is 5.53. The van der Waals surface area contributed by atoms with Gasteiger partial charge in [-0.1, -0.05) is 18.2 Å². The van der Waals surface area contributed by atoms with E-state index in [0.29, 0.717) is 26.2 Å². The summed E-state index contributed by atoms with van der Waals surface area (Å²) in [6.45, 7) is 5.76. The number of nitrogens with zero attached hydrogens (tertiary/aromatic N) is 2. The molecule has 2 aromatic rings. The van der Waals surface area contributed by atoms with Crippen LogP contribution in [0.4, 0.5) is 0 Å². The maximum absolute atomic E-state index is 12.5. The minimum absolute atomic E-state index is 0.0706. The highest BCUT2D eigenvalue weighted by Crippen LogP contribution is 2.08. The average Bonchev–Trinajstić information content (AvgIpc) is 3.07. The summed E-state index contributed by atoms with van der Waals surface area (Å²) in [5, 5.41) is 0. The fourth-order valence-corrected chi connectivity index (χ4v) is 3.21. The molecule has 0 atom stereocenters. The summed E-state index contributed by atoms with van der Waals surface area (Å²) in [4.78, 5) is 29.7. The Morgan fingerprint density at radius 2 is 1.81 bits per heavy atom. The molecule has 2 heterocycles. The van der Waals surface area contributed by atoms with Crippen LogP contribution in [-0.2, 0) is 11.3 Å². The Balaban J connectivity index is 1.46. The second-order valence-electron chi connectivity index (χ2n) is 6.85. The minimum Gasteiger partial charge on any atom is -0.464 e. The SMILES string of the molecule is Cc1ccc(CN(C)C(=O)C[NH+]2CCN(C(=O)c3ccccc3)CC2)o1. The van der Waals surface area contributed by atoms with Crippen molar-refractivity contribution in [1.82, 2.24) is 9.80 Å². The number of hydrogen-bond acceptors (Lipinski definition) is 3. The first kappa shape index (κ1) is 18.2. The van der Waals surface area contributed by atoms with Gasteiger partial charge in [0, 0.05) is 12.6 Å². The minimum atomic E-state index is 0.0706.